The fourth-order valence-electron chi connectivity index (χ4n) is 0.649. The molecule has 0 N–H and O–H groups in total. The summed E-state index contributed by atoms with van der Waals surface area (Å²) in [6, 6.07) is 2.31. The summed E-state index contributed by atoms with van der Waals surface area (Å²) in [5, 5.41) is 5.03. The molecule has 0 bridgehead atoms. The van der Waals surface area contributed by atoms with E-state index in [0.717, 1.165) is 16.0 Å². The van der Waals surface area contributed by atoms with Crippen molar-refractivity contribution in [2.45, 2.75) is 24.9 Å². The van der Waals surface area contributed by atoms with Gasteiger partial charge in [-0.2, -0.15) is 5.10 Å². The molecule has 0 saturated heterocycles. The maximum Gasteiger partial charge on any atom is 0.133 e. The van der Waals surface area contributed by atoms with Gasteiger partial charge in [-0.3, -0.25) is 4.68 Å². The second-order valence-corrected chi connectivity index (χ2v) is 3.34. The van der Waals surface area contributed by atoms with Crippen molar-refractivity contribution in [3.63, 3.8) is 0 Å². The van der Waals surface area contributed by atoms with Crippen LogP contribution in [0.4, 0.5) is 0 Å². The van der Waals surface area contributed by atoms with Crippen LogP contribution in [-0.2, 0) is 0 Å². The van der Waals surface area contributed by atoms with Gasteiger partial charge in [-0.25, -0.2) is 0 Å². The average Bonchev–Trinajstić information content (AvgIpc) is 2.34. The van der Waals surface area contributed by atoms with Crippen molar-refractivity contribution in [1.82, 2.24) is 9.78 Å². The summed E-state index contributed by atoms with van der Waals surface area (Å²) in [4.78, 5) is 0. The summed E-state index contributed by atoms with van der Waals surface area (Å²) >= 11 is 0. The summed E-state index contributed by atoms with van der Waals surface area (Å²) in [6.45, 7) is 4.16. The first kappa shape index (κ1) is 7.95. The molecule has 0 spiro atoms. The predicted molar refractivity (Wildman–Crippen MR) is 44.3 cm³/mol. The van der Waals surface area contributed by atoms with Gasteiger partial charge in [0.25, 0.3) is 0 Å². The van der Waals surface area contributed by atoms with Crippen LogP contribution in [0.15, 0.2) is 17.3 Å². The molecule has 4 heteroatoms. The van der Waals surface area contributed by atoms with Crippen LogP contribution < -0.4 is 0 Å². The van der Waals surface area contributed by atoms with Gasteiger partial charge in [0.15, 0.2) is 0 Å². The summed E-state index contributed by atoms with van der Waals surface area (Å²) < 4.78 is 1.88. The van der Waals surface area contributed by atoms with E-state index in [9.17, 15) is 0 Å². The van der Waals surface area contributed by atoms with Gasteiger partial charge >= 0.3 is 0 Å². The molecular formula is C6H9ClN2S. The molecule has 0 atom stereocenters. The monoisotopic (exact) mass is 176 g/mol. The highest BCUT2D eigenvalue weighted by Gasteiger charge is 1.99. The van der Waals surface area contributed by atoms with Crippen LogP contribution in [-0.4, -0.2) is 9.78 Å². The highest BCUT2D eigenvalue weighted by molar-refractivity contribution is 8.21. The molecule has 0 amide bonds. The van der Waals surface area contributed by atoms with Crippen molar-refractivity contribution in [3.8, 4) is 0 Å². The Kier molecular flexibility index (Phi) is 2.63. The van der Waals surface area contributed by atoms with Crippen molar-refractivity contribution in [2.75, 3.05) is 0 Å². The Labute approximate surface area is 69.1 Å². The molecule has 0 fully saturated rings. The number of nitrogens with zero attached hydrogens (tertiary/aromatic N) is 2. The molecule has 1 rings (SSSR count). The average molecular weight is 177 g/mol. The molecule has 0 saturated carbocycles. The van der Waals surface area contributed by atoms with Gasteiger partial charge < -0.3 is 0 Å². The molecule has 0 radical (unpaired) electrons. The van der Waals surface area contributed by atoms with Crippen LogP contribution in [0.2, 0.25) is 0 Å². The minimum atomic E-state index is 0.414. The topological polar surface area (TPSA) is 17.8 Å². The third-order valence-corrected chi connectivity index (χ3v) is 2.04. The van der Waals surface area contributed by atoms with Crippen LogP contribution >= 0.6 is 21.7 Å². The highest BCUT2D eigenvalue weighted by atomic mass is 35.7. The molecule has 56 valence electrons. The molecule has 0 aromatic carbocycles. The van der Waals surface area contributed by atoms with Crippen molar-refractivity contribution < 1.29 is 0 Å². The lowest BCUT2D eigenvalue weighted by Gasteiger charge is -2.02. The Morgan fingerprint density at radius 3 is 2.70 bits per heavy atom. The van der Waals surface area contributed by atoms with E-state index in [4.69, 9.17) is 10.7 Å². The van der Waals surface area contributed by atoms with Gasteiger partial charge in [0, 0.05) is 23.2 Å². The second kappa shape index (κ2) is 3.30. The van der Waals surface area contributed by atoms with E-state index in [-0.39, 0.29) is 0 Å². The number of hydrogen-bond acceptors (Lipinski definition) is 2. The Morgan fingerprint density at radius 1 is 1.70 bits per heavy atom. The van der Waals surface area contributed by atoms with Crippen molar-refractivity contribution >= 4 is 21.7 Å². The Bertz CT molecular complexity index is 209. The minimum absolute atomic E-state index is 0.414. The number of halogens is 1. The number of hydrogen-bond donors (Lipinski definition) is 0. The molecule has 2 nitrogen and oxygen atoms in total. The zero-order valence-electron chi connectivity index (χ0n) is 5.91. The third-order valence-electron chi connectivity index (χ3n) is 1.19. The van der Waals surface area contributed by atoms with Crippen LogP contribution in [0, 0.1) is 0 Å². The molecule has 1 aromatic heterocycles. The van der Waals surface area contributed by atoms with Gasteiger partial charge in [-0.15, -0.1) is 0 Å². The lowest BCUT2D eigenvalue weighted by atomic mass is 10.4. The first-order valence-corrected chi connectivity index (χ1v) is 4.72. The smallest absolute Gasteiger partial charge is 0.133 e. The first-order chi connectivity index (χ1) is 4.74. The largest absolute Gasteiger partial charge is 0.269 e. The van der Waals surface area contributed by atoms with E-state index < -0.39 is 0 Å². The fraction of sp³-hybridized carbons (Fsp3) is 0.500. The number of rotatable bonds is 2. The quantitative estimate of drug-likeness (QED) is 0.690. The molecular weight excluding hydrogens is 168 g/mol. The van der Waals surface area contributed by atoms with Gasteiger partial charge in [-0.05, 0) is 30.6 Å². The maximum absolute atomic E-state index is 5.49. The predicted octanol–water partition coefficient (Wildman–Crippen LogP) is 2.71. The van der Waals surface area contributed by atoms with Crippen molar-refractivity contribution in [3.05, 3.63) is 12.3 Å². The van der Waals surface area contributed by atoms with Crippen molar-refractivity contribution in [1.29, 1.82) is 0 Å². The first-order valence-electron chi connectivity index (χ1n) is 3.08. The van der Waals surface area contributed by atoms with Crippen LogP contribution in [0.3, 0.4) is 0 Å². The van der Waals surface area contributed by atoms with E-state index in [2.05, 4.69) is 18.9 Å². The van der Waals surface area contributed by atoms with E-state index in [1.54, 1.807) is 0 Å². The van der Waals surface area contributed by atoms with E-state index >= 15 is 0 Å². The standard InChI is InChI=1S/C6H9ClN2S/c1-5(2)9-4-3-6(8-9)10-7/h3-5H,1-2H3. The van der Waals surface area contributed by atoms with E-state index in [1.807, 2.05) is 16.9 Å². The third kappa shape index (κ3) is 1.67. The molecule has 1 aromatic rings. The SMILES string of the molecule is CC(C)n1ccc(SCl)n1. The normalized spacial score (nSPS) is 10.8. The van der Waals surface area contributed by atoms with Crippen LogP contribution in [0.1, 0.15) is 19.9 Å². The number of aromatic nitrogens is 2. The van der Waals surface area contributed by atoms with E-state index in [1.165, 1.54) is 0 Å². The molecule has 0 aliphatic heterocycles. The summed E-state index contributed by atoms with van der Waals surface area (Å²) in [5.74, 6) is 0. The van der Waals surface area contributed by atoms with Crippen molar-refractivity contribution in [2.24, 2.45) is 0 Å². The Hall–Kier alpha value is -0.150. The van der Waals surface area contributed by atoms with E-state index in [0.29, 0.717) is 6.04 Å². The van der Waals surface area contributed by atoms with Gasteiger partial charge in [-0.1, -0.05) is 0 Å². The van der Waals surface area contributed by atoms with Gasteiger partial charge in [0.05, 0.1) is 0 Å². The summed E-state index contributed by atoms with van der Waals surface area (Å²) in [6.07, 6.45) is 1.93. The maximum atomic E-state index is 5.49. The minimum Gasteiger partial charge on any atom is -0.269 e. The molecule has 0 aliphatic rings. The Balaban J connectivity index is 2.78. The van der Waals surface area contributed by atoms with Crippen LogP contribution in [0.25, 0.3) is 0 Å². The lowest BCUT2D eigenvalue weighted by molar-refractivity contribution is 0.522. The summed E-state index contributed by atoms with van der Waals surface area (Å²) in [7, 11) is 6.63. The lowest BCUT2D eigenvalue weighted by Crippen LogP contribution is -2.00. The van der Waals surface area contributed by atoms with Gasteiger partial charge in [0.1, 0.15) is 5.03 Å². The fourth-order valence-corrected chi connectivity index (χ4v) is 1.13. The second-order valence-electron chi connectivity index (χ2n) is 2.30. The molecule has 1 heterocycles. The van der Waals surface area contributed by atoms with Crippen LogP contribution in [0.5, 0.6) is 0 Å². The van der Waals surface area contributed by atoms with Gasteiger partial charge in [0.2, 0.25) is 0 Å². The zero-order chi connectivity index (χ0) is 7.56. The molecule has 0 aliphatic carbocycles. The molecule has 10 heavy (non-hydrogen) atoms. The summed E-state index contributed by atoms with van der Waals surface area (Å²) in [5.41, 5.74) is 0. The molecule has 0 unspecified atom stereocenters. The zero-order valence-corrected chi connectivity index (χ0v) is 7.49. The highest BCUT2D eigenvalue weighted by Crippen LogP contribution is 2.19. The Morgan fingerprint density at radius 2 is 2.40 bits per heavy atom.